The Morgan fingerprint density at radius 3 is 2.61 bits per heavy atom. The molecule has 1 unspecified atom stereocenters. The molecule has 0 aliphatic heterocycles. The summed E-state index contributed by atoms with van der Waals surface area (Å²) in [4.78, 5) is 0. The highest BCUT2D eigenvalue weighted by molar-refractivity contribution is 6.30. The van der Waals surface area contributed by atoms with Crippen LogP contribution < -0.4 is 5.32 Å². The van der Waals surface area contributed by atoms with Crippen LogP contribution in [0.5, 0.6) is 0 Å². The molecule has 3 aromatic rings. The summed E-state index contributed by atoms with van der Waals surface area (Å²) in [5.74, 6) is 1.37. The molecule has 0 bridgehead atoms. The molecule has 2 heterocycles. The molecule has 5 nitrogen and oxygen atoms in total. The number of nitrogens with zero attached hydrogens (tertiary/aromatic N) is 2. The molecule has 2 N–H and O–H groups in total. The highest BCUT2D eigenvalue weighted by Crippen LogP contribution is 2.19. The predicted octanol–water partition coefficient (Wildman–Crippen LogP) is 3.00. The lowest BCUT2D eigenvalue weighted by Crippen LogP contribution is -2.26. The van der Waals surface area contributed by atoms with Crippen molar-refractivity contribution in [2.45, 2.75) is 19.2 Å². The van der Waals surface area contributed by atoms with E-state index in [0.29, 0.717) is 23.9 Å². The summed E-state index contributed by atoms with van der Waals surface area (Å²) in [7, 11) is 0. The molecule has 1 aromatic carbocycles. The SMILES string of the molecule is OCc1ccc(CNCC(c2ccc(Cl)cc2)n2cccn2)o1. The van der Waals surface area contributed by atoms with Gasteiger partial charge in [0.05, 0.1) is 12.6 Å². The standard InChI is InChI=1S/C17H18ClN3O2/c18-14-4-2-13(3-5-14)17(21-9-1-8-20-21)11-19-10-15-6-7-16(12-22)23-15/h1-9,17,19,22H,10-12H2. The average molecular weight is 332 g/mol. The number of nitrogens with one attached hydrogen (secondary N) is 1. The summed E-state index contributed by atoms with van der Waals surface area (Å²) in [6, 6.07) is 13.4. The van der Waals surface area contributed by atoms with Crippen LogP contribution >= 0.6 is 11.6 Å². The number of benzene rings is 1. The highest BCUT2D eigenvalue weighted by atomic mass is 35.5. The Bertz CT molecular complexity index is 723. The maximum atomic E-state index is 9.02. The van der Waals surface area contributed by atoms with E-state index in [1.54, 1.807) is 12.3 Å². The number of rotatable bonds is 7. The van der Waals surface area contributed by atoms with Crippen molar-refractivity contribution in [1.82, 2.24) is 15.1 Å². The van der Waals surface area contributed by atoms with Crippen molar-refractivity contribution in [2.75, 3.05) is 6.54 Å². The minimum absolute atomic E-state index is 0.0644. The van der Waals surface area contributed by atoms with Crippen LogP contribution in [0, 0.1) is 0 Å². The Balaban J connectivity index is 1.68. The maximum absolute atomic E-state index is 9.02. The van der Waals surface area contributed by atoms with Crippen molar-refractivity contribution < 1.29 is 9.52 Å². The Labute approximate surface area is 139 Å². The van der Waals surface area contributed by atoms with Crippen LogP contribution in [-0.2, 0) is 13.2 Å². The normalized spacial score (nSPS) is 12.4. The minimum Gasteiger partial charge on any atom is -0.462 e. The number of hydrogen-bond acceptors (Lipinski definition) is 4. The van der Waals surface area contributed by atoms with E-state index in [4.69, 9.17) is 21.1 Å². The van der Waals surface area contributed by atoms with Crippen LogP contribution in [0.4, 0.5) is 0 Å². The summed E-state index contributed by atoms with van der Waals surface area (Å²) in [5, 5.41) is 17.5. The Hall–Kier alpha value is -2.08. The van der Waals surface area contributed by atoms with Crippen molar-refractivity contribution in [2.24, 2.45) is 0 Å². The second kappa shape index (κ2) is 7.46. The second-order valence-electron chi connectivity index (χ2n) is 5.21. The van der Waals surface area contributed by atoms with Crippen LogP contribution in [0.15, 0.2) is 59.3 Å². The molecule has 0 radical (unpaired) electrons. The van der Waals surface area contributed by atoms with E-state index in [2.05, 4.69) is 10.4 Å². The zero-order valence-corrected chi connectivity index (χ0v) is 13.3. The topological polar surface area (TPSA) is 63.2 Å². The molecule has 2 aromatic heterocycles. The van der Waals surface area contributed by atoms with E-state index in [1.807, 2.05) is 47.3 Å². The third-order valence-electron chi connectivity index (χ3n) is 3.61. The molecule has 0 spiro atoms. The lowest BCUT2D eigenvalue weighted by molar-refractivity contribution is 0.242. The first-order valence-corrected chi connectivity index (χ1v) is 7.78. The smallest absolute Gasteiger partial charge is 0.129 e. The van der Waals surface area contributed by atoms with Crippen molar-refractivity contribution in [1.29, 1.82) is 0 Å². The first-order valence-electron chi connectivity index (χ1n) is 7.40. The van der Waals surface area contributed by atoms with Crippen molar-refractivity contribution in [3.8, 4) is 0 Å². The Morgan fingerprint density at radius 1 is 1.17 bits per heavy atom. The Morgan fingerprint density at radius 2 is 1.96 bits per heavy atom. The summed E-state index contributed by atoms with van der Waals surface area (Å²) in [6.07, 6.45) is 3.71. The van der Waals surface area contributed by atoms with Gasteiger partial charge in [0.25, 0.3) is 0 Å². The van der Waals surface area contributed by atoms with E-state index >= 15 is 0 Å². The van der Waals surface area contributed by atoms with Gasteiger partial charge in [0.15, 0.2) is 0 Å². The molecule has 3 rings (SSSR count). The van der Waals surface area contributed by atoms with E-state index in [-0.39, 0.29) is 12.6 Å². The third kappa shape index (κ3) is 4.01. The number of aliphatic hydroxyl groups excluding tert-OH is 1. The second-order valence-corrected chi connectivity index (χ2v) is 5.65. The molecule has 23 heavy (non-hydrogen) atoms. The van der Waals surface area contributed by atoms with E-state index in [0.717, 1.165) is 11.3 Å². The average Bonchev–Trinajstić information content (AvgIpc) is 3.24. The molecular weight excluding hydrogens is 314 g/mol. The van der Waals surface area contributed by atoms with Crippen LogP contribution in [0.25, 0.3) is 0 Å². The summed E-state index contributed by atoms with van der Waals surface area (Å²) >= 11 is 5.97. The first kappa shape index (κ1) is 15.8. The largest absolute Gasteiger partial charge is 0.462 e. The molecular formula is C17H18ClN3O2. The molecule has 1 atom stereocenters. The van der Waals surface area contributed by atoms with Gasteiger partial charge in [-0.05, 0) is 35.9 Å². The number of furan rings is 1. The van der Waals surface area contributed by atoms with Crippen LogP contribution in [-0.4, -0.2) is 21.4 Å². The number of hydrogen-bond donors (Lipinski definition) is 2. The van der Waals surface area contributed by atoms with Gasteiger partial charge in [-0.3, -0.25) is 4.68 Å². The molecule has 0 saturated carbocycles. The molecule has 0 aliphatic rings. The summed E-state index contributed by atoms with van der Waals surface area (Å²) in [5.41, 5.74) is 1.13. The lowest BCUT2D eigenvalue weighted by atomic mass is 10.1. The van der Waals surface area contributed by atoms with Gasteiger partial charge in [0.1, 0.15) is 18.1 Å². The zero-order chi connectivity index (χ0) is 16.1. The highest BCUT2D eigenvalue weighted by Gasteiger charge is 2.14. The Kier molecular flexibility index (Phi) is 5.12. The van der Waals surface area contributed by atoms with Gasteiger partial charge >= 0.3 is 0 Å². The molecule has 6 heteroatoms. The quantitative estimate of drug-likeness (QED) is 0.698. The number of aliphatic hydroxyl groups is 1. The first-order chi connectivity index (χ1) is 11.3. The predicted molar refractivity (Wildman–Crippen MR) is 88.2 cm³/mol. The minimum atomic E-state index is -0.0827. The zero-order valence-electron chi connectivity index (χ0n) is 12.5. The van der Waals surface area contributed by atoms with Gasteiger partial charge < -0.3 is 14.8 Å². The molecule has 0 fully saturated rings. The van der Waals surface area contributed by atoms with Crippen LogP contribution in [0.3, 0.4) is 0 Å². The van der Waals surface area contributed by atoms with Crippen molar-refractivity contribution in [3.05, 3.63) is 77.0 Å². The van der Waals surface area contributed by atoms with Gasteiger partial charge in [-0.15, -0.1) is 0 Å². The monoisotopic (exact) mass is 331 g/mol. The van der Waals surface area contributed by atoms with Crippen molar-refractivity contribution >= 4 is 11.6 Å². The number of halogens is 1. The third-order valence-corrected chi connectivity index (χ3v) is 3.86. The van der Waals surface area contributed by atoms with Crippen LogP contribution in [0.2, 0.25) is 5.02 Å². The number of aromatic nitrogens is 2. The van der Waals surface area contributed by atoms with E-state index in [9.17, 15) is 0 Å². The van der Waals surface area contributed by atoms with Gasteiger partial charge in [0, 0.05) is 24.0 Å². The van der Waals surface area contributed by atoms with Gasteiger partial charge in [0.2, 0.25) is 0 Å². The molecule has 0 saturated heterocycles. The van der Waals surface area contributed by atoms with Crippen LogP contribution in [0.1, 0.15) is 23.1 Å². The molecule has 120 valence electrons. The maximum Gasteiger partial charge on any atom is 0.129 e. The molecule has 0 aliphatic carbocycles. The fourth-order valence-corrected chi connectivity index (χ4v) is 2.57. The van der Waals surface area contributed by atoms with E-state index < -0.39 is 0 Å². The van der Waals surface area contributed by atoms with E-state index in [1.165, 1.54) is 0 Å². The van der Waals surface area contributed by atoms with Crippen molar-refractivity contribution in [3.63, 3.8) is 0 Å². The summed E-state index contributed by atoms with van der Waals surface area (Å²) in [6.45, 7) is 1.20. The van der Waals surface area contributed by atoms with Gasteiger partial charge in [-0.1, -0.05) is 23.7 Å². The fourth-order valence-electron chi connectivity index (χ4n) is 2.45. The summed E-state index contributed by atoms with van der Waals surface area (Å²) < 4.78 is 7.39. The fraction of sp³-hybridized carbons (Fsp3) is 0.235. The lowest BCUT2D eigenvalue weighted by Gasteiger charge is -2.18. The molecule has 0 amide bonds. The van der Waals surface area contributed by atoms with Gasteiger partial charge in [-0.25, -0.2) is 0 Å². The van der Waals surface area contributed by atoms with Gasteiger partial charge in [-0.2, -0.15) is 5.10 Å².